The SMILES string of the molecule is CC(C)[C@H]1CN(C)CCN1Cc1cc2c(c(C(F)(F)F)c1)CN(c1cc(C3([C@H](F)c4nncn4C)CCC3)cc(NCC3CC3)n1)C2=O. The van der Waals surface area contributed by atoms with E-state index in [0.717, 1.165) is 38.9 Å². The number of hydrogen-bond acceptors (Lipinski definition) is 7. The molecular formula is C35H44F4N8O. The lowest BCUT2D eigenvalue weighted by Crippen LogP contribution is -2.53. The molecule has 258 valence electrons. The van der Waals surface area contributed by atoms with Crippen LogP contribution in [0.2, 0.25) is 0 Å². The first-order valence-corrected chi connectivity index (χ1v) is 17.1. The van der Waals surface area contributed by atoms with E-state index in [1.165, 1.54) is 17.3 Å². The molecule has 2 aromatic heterocycles. The van der Waals surface area contributed by atoms with Gasteiger partial charge >= 0.3 is 6.18 Å². The Morgan fingerprint density at radius 3 is 2.48 bits per heavy atom. The fourth-order valence-corrected chi connectivity index (χ4v) is 7.67. The summed E-state index contributed by atoms with van der Waals surface area (Å²) in [6, 6.07) is 6.57. The Hall–Kier alpha value is -3.58. The smallest absolute Gasteiger partial charge is 0.370 e. The van der Waals surface area contributed by atoms with Gasteiger partial charge in [-0.1, -0.05) is 20.3 Å². The van der Waals surface area contributed by atoms with E-state index < -0.39 is 29.2 Å². The fraction of sp³-hybridized carbons (Fsp3) is 0.600. The number of alkyl halides is 4. The number of aromatic nitrogens is 4. The van der Waals surface area contributed by atoms with Gasteiger partial charge in [-0.3, -0.25) is 14.6 Å². The quantitative estimate of drug-likeness (QED) is 0.261. The lowest BCUT2D eigenvalue weighted by Gasteiger charge is -2.44. The van der Waals surface area contributed by atoms with E-state index in [4.69, 9.17) is 4.98 Å². The predicted molar refractivity (Wildman–Crippen MR) is 174 cm³/mol. The summed E-state index contributed by atoms with van der Waals surface area (Å²) >= 11 is 0. The largest absolute Gasteiger partial charge is 0.416 e. The van der Waals surface area contributed by atoms with Crippen molar-refractivity contribution in [3.05, 3.63) is 64.2 Å². The summed E-state index contributed by atoms with van der Waals surface area (Å²) in [5.74, 6) is 1.23. The van der Waals surface area contributed by atoms with Crippen LogP contribution in [0.25, 0.3) is 0 Å². The van der Waals surface area contributed by atoms with Gasteiger partial charge in [0.05, 0.1) is 12.1 Å². The highest BCUT2D eigenvalue weighted by Gasteiger charge is 2.50. The van der Waals surface area contributed by atoms with Crippen molar-refractivity contribution in [1.29, 1.82) is 0 Å². The van der Waals surface area contributed by atoms with E-state index in [2.05, 4.69) is 46.2 Å². The molecule has 2 aliphatic heterocycles. The van der Waals surface area contributed by atoms with Crippen molar-refractivity contribution >= 4 is 17.5 Å². The molecule has 13 heteroatoms. The molecule has 1 saturated heterocycles. The van der Waals surface area contributed by atoms with Gasteiger partial charge in [0.15, 0.2) is 12.0 Å². The predicted octanol–water partition coefficient (Wildman–Crippen LogP) is 6.12. The number of carbonyl (C=O) groups is 1. The molecule has 2 saturated carbocycles. The van der Waals surface area contributed by atoms with Crippen molar-refractivity contribution in [2.75, 3.05) is 43.4 Å². The summed E-state index contributed by atoms with van der Waals surface area (Å²) in [4.78, 5) is 24.7. The molecule has 0 spiro atoms. The minimum atomic E-state index is -4.64. The van der Waals surface area contributed by atoms with E-state index in [0.29, 0.717) is 54.7 Å². The van der Waals surface area contributed by atoms with Gasteiger partial charge in [0.2, 0.25) is 0 Å². The molecule has 0 bridgehead atoms. The maximum Gasteiger partial charge on any atom is 0.416 e. The molecular weight excluding hydrogens is 624 g/mol. The third-order valence-corrected chi connectivity index (χ3v) is 10.9. The zero-order valence-corrected chi connectivity index (χ0v) is 28.0. The van der Waals surface area contributed by atoms with Crippen molar-refractivity contribution in [2.45, 2.75) is 82.8 Å². The maximum atomic E-state index is 16.4. The first-order chi connectivity index (χ1) is 22.8. The number of fused-ring (bicyclic) bond motifs is 1. The molecule has 7 rings (SSSR count). The normalized spacial score (nSPS) is 22.2. The first-order valence-electron chi connectivity index (χ1n) is 17.1. The summed E-state index contributed by atoms with van der Waals surface area (Å²) in [5, 5.41) is 11.3. The zero-order chi connectivity index (χ0) is 34.0. The van der Waals surface area contributed by atoms with Gasteiger partial charge in [-0.25, -0.2) is 9.37 Å². The van der Waals surface area contributed by atoms with E-state index in [9.17, 15) is 18.0 Å². The Labute approximate surface area is 278 Å². The maximum absolute atomic E-state index is 16.4. The van der Waals surface area contributed by atoms with Crippen LogP contribution in [-0.4, -0.2) is 74.7 Å². The second-order valence-corrected chi connectivity index (χ2v) is 14.7. The molecule has 0 unspecified atom stereocenters. The monoisotopic (exact) mass is 668 g/mol. The number of nitrogens with zero attached hydrogens (tertiary/aromatic N) is 7. The molecule has 48 heavy (non-hydrogen) atoms. The standard InChI is InChI=1S/C35H44F4N8O/c1-21(2)28-19-44(3)10-11-46(28)17-23-12-25-26(27(13-23)35(37,38)39)18-47(33(25)48)30-15-24(14-29(42-30)40-16-22-6-7-22)34(8-5-9-34)31(36)32-43-41-20-45(32)4/h12-15,20-22,28,31H,5-11,16-19H2,1-4H3,(H,40,42)/t28-,31-/m1/s1. The summed E-state index contributed by atoms with van der Waals surface area (Å²) in [6.07, 6.45) is -0.479. The highest BCUT2D eigenvalue weighted by molar-refractivity contribution is 6.10. The van der Waals surface area contributed by atoms with Crippen LogP contribution in [0.4, 0.5) is 29.2 Å². The van der Waals surface area contributed by atoms with E-state index in [1.807, 2.05) is 6.07 Å². The van der Waals surface area contributed by atoms with Gasteiger partial charge in [0.25, 0.3) is 5.91 Å². The summed E-state index contributed by atoms with van der Waals surface area (Å²) in [6.45, 7) is 7.39. The van der Waals surface area contributed by atoms with Crippen LogP contribution in [0.15, 0.2) is 30.6 Å². The molecule has 4 aliphatic rings. The Bertz CT molecular complexity index is 1680. The topological polar surface area (TPSA) is 82.4 Å². The lowest BCUT2D eigenvalue weighted by atomic mass is 9.61. The number of benzene rings is 1. The molecule has 1 aromatic carbocycles. The molecule has 2 aliphatic carbocycles. The molecule has 3 aromatic rings. The summed E-state index contributed by atoms with van der Waals surface area (Å²) in [5.41, 5.74) is -0.568. The van der Waals surface area contributed by atoms with E-state index >= 15 is 4.39 Å². The van der Waals surface area contributed by atoms with Gasteiger partial charge in [-0.2, -0.15) is 13.2 Å². The van der Waals surface area contributed by atoms with Crippen molar-refractivity contribution in [2.24, 2.45) is 18.9 Å². The number of piperazine rings is 1. The Kier molecular flexibility index (Phi) is 8.50. The highest BCUT2D eigenvalue weighted by Crippen LogP contribution is 2.54. The number of halogens is 4. The summed E-state index contributed by atoms with van der Waals surface area (Å²) in [7, 11) is 3.76. The van der Waals surface area contributed by atoms with Crippen LogP contribution in [0.3, 0.4) is 0 Å². The molecule has 9 nitrogen and oxygen atoms in total. The molecule has 3 fully saturated rings. The Morgan fingerprint density at radius 2 is 1.85 bits per heavy atom. The number of pyridine rings is 1. The number of hydrogen-bond donors (Lipinski definition) is 1. The Morgan fingerprint density at radius 1 is 1.08 bits per heavy atom. The first kappa shape index (κ1) is 32.9. The lowest BCUT2D eigenvalue weighted by molar-refractivity contribution is -0.138. The highest BCUT2D eigenvalue weighted by atomic mass is 19.4. The summed E-state index contributed by atoms with van der Waals surface area (Å²) < 4.78 is 62.0. The van der Waals surface area contributed by atoms with Gasteiger partial charge in [-0.15, -0.1) is 10.2 Å². The van der Waals surface area contributed by atoms with E-state index in [-0.39, 0.29) is 35.4 Å². The third kappa shape index (κ3) is 6.08. The number of anilines is 2. The van der Waals surface area contributed by atoms with E-state index in [1.54, 1.807) is 23.7 Å². The second-order valence-electron chi connectivity index (χ2n) is 14.7. The van der Waals surface area contributed by atoms with Gasteiger partial charge in [0.1, 0.15) is 18.0 Å². The van der Waals surface area contributed by atoms with Gasteiger partial charge in [0, 0.05) is 56.8 Å². The molecule has 1 N–H and O–H groups in total. The van der Waals surface area contributed by atoms with Crippen LogP contribution in [0, 0.1) is 11.8 Å². The molecule has 1 amide bonds. The van der Waals surface area contributed by atoms with Crippen molar-refractivity contribution < 1.29 is 22.4 Å². The molecule has 0 radical (unpaired) electrons. The van der Waals surface area contributed by atoms with Crippen LogP contribution in [0.5, 0.6) is 0 Å². The zero-order valence-electron chi connectivity index (χ0n) is 28.0. The van der Waals surface area contributed by atoms with Crippen LogP contribution >= 0.6 is 0 Å². The minimum absolute atomic E-state index is 0.0458. The van der Waals surface area contributed by atoms with Crippen LogP contribution < -0.4 is 10.2 Å². The molecule has 2 atom stereocenters. The second kappa shape index (κ2) is 12.4. The van der Waals surface area contributed by atoms with Gasteiger partial charge < -0.3 is 14.8 Å². The van der Waals surface area contributed by atoms with Crippen LogP contribution in [-0.2, 0) is 31.7 Å². The number of carbonyl (C=O) groups excluding carboxylic acids is 1. The number of likely N-dealkylation sites (N-methyl/N-ethyl adjacent to an activating group) is 1. The number of nitrogens with one attached hydrogen (secondary N) is 1. The average molecular weight is 669 g/mol. The fourth-order valence-electron chi connectivity index (χ4n) is 7.67. The van der Waals surface area contributed by atoms with Crippen molar-refractivity contribution in [3.63, 3.8) is 0 Å². The molecule has 4 heterocycles. The van der Waals surface area contributed by atoms with Gasteiger partial charge in [-0.05, 0) is 85.5 Å². The minimum Gasteiger partial charge on any atom is -0.370 e. The van der Waals surface area contributed by atoms with Crippen LogP contribution in [0.1, 0.15) is 90.6 Å². The van der Waals surface area contributed by atoms with Crippen molar-refractivity contribution in [3.8, 4) is 0 Å². The number of rotatable bonds is 10. The number of aryl methyl sites for hydroxylation is 1. The third-order valence-electron chi connectivity index (χ3n) is 10.9. The number of amides is 1. The average Bonchev–Trinajstić information content (AvgIpc) is 3.66. The Balaban J connectivity index is 1.25. The van der Waals surface area contributed by atoms with Crippen molar-refractivity contribution in [1.82, 2.24) is 29.5 Å².